The summed E-state index contributed by atoms with van der Waals surface area (Å²) in [5.41, 5.74) is -0.0436. The highest BCUT2D eigenvalue weighted by molar-refractivity contribution is 7.89. The quantitative estimate of drug-likeness (QED) is 0.395. The molecule has 0 saturated carbocycles. The van der Waals surface area contributed by atoms with E-state index in [2.05, 4.69) is 10.1 Å². The van der Waals surface area contributed by atoms with Gasteiger partial charge in [-0.1, -0.05) is 23.2 Å². The van der Waals surface area contributed by atoms with Gasteiger partial charge in [0, 0.05) is 11.5 Å². The molecule has 0 aliphatic rings. The molecule has 4 aromatic rings. The molecule has 1 N–H and O–H groups in total. The molecular weight excluding hydrogens is 501 g/mol. The van der Waals surface area contributed by atoms with Crippen molar-refractivity contribution in [1.29, 1.82) is 0 Å². The number of nitrogens with zero attached hydrogens (tertiary/aromatic N) is 3. The molecule has 4 rings (SSSR count). The fraction of sp³-hybridized carbons (Fsp3) is 0.0500. The van der Waals surface area contributed by atoms with E-state index in [0.717, 1.165) is 24.5 Å². The molecule has 33 heavy (non-hydrogen) atoms. The van der Waals surface area contributed by atoms with Crippen LogP contribution in [0.5, 0.6) is 11.5 Å². The molecule has 0 fully saturated rings. The monoisotopic (exact) mass is 512 g/mol. The Hall–Kier alpha value is -3.28. The first-order valence-corrected chi connectivity index (χ1v) is 11.7. The van der Waals surface area contributed by atoms with Gasteiger partial charge in [-0.05, 0) is 36.4 Å². The van der Waals surface area contributed by atoms with E-state index >= 15 is 0 Å². The molecule has 0 saturated heterocycles. The summed E-state index contributed by atoms with van der Waals surface area (Å²) in [6.45, 7) is 0. The number of nitrogens with one attached hydrogen (secondary N) is 1. The molecule has 0 atom stereocenters. The Morgan fingerprint density at radius 1 is 1.09 bits per heavy atom. The van der Waals surface area contributed by atoms with E-state index in [0.29, 0.717) is 22.4 Å². The predicted octanol–water partition coefficient (Wildman–Crippen LogP) is 4.49. The van der Waals surface area contributed by atoms with Crippen molar-refractivity contribution < 1.29 is 26.7 Å². The van der Waals surface area contributed by atoms with E-state index in [1.807, 2.05) is 0 Å². The second-order valence-corrected chi connectivity index (χ2v) is 9.30. The standard InChI is InChI=1S/C20H12Cl2F2N4O4S/c1-33(30,31)27-20(29)12-7-14(21)17(8-15(12)23)28-16-4-2-10(6-13(16)19(22)26-28)32-11-3-5-18(24)25-9-11/h2-9H,1H3,(H,27,29). The Balaban J connectivity index is 1.72. The highest BCUT2D eigenvalue weighted by Gasteiger charge is 2.21. The molecule has 1 amide bonds. The molecule has 0 radical (unpaired) electrons. The zero-order valence-corrected chi connectivity index (χ0v) is 18.8. The van der Waals surface area contributed by atoms with E-state index in [9.17, 15) is 22.0 Å². The summed E-state index contributed by atoms with van der Waals surface area (Å²) >= 11 is 12.5. The van der Waals surface area contributed by atoms with Gasteiger partial charge in [0.05, 0.1) is 34.2 Å². The van der Waals surface area contributed by atoms with E-state index in [1.54, 1.807) is 22.9 Å². The zero-order chi connectivity index (χ0) is 23.9. The number of fused-ring (bicyclic) bond motifs is 1. The van der Waals surface area contributed by atoms with Crippen LogP contribution in [-0.2, 0) is 10.0 Å². The summed E-state index contributed by atoms with van der Waals surface area (Å²) in [6.07, 6.45) is 1.98. The van der Waals surface area contributed by atoms with Crippen molar-refractivity contribution in [3.63, 3.8) is 0 Å². The van der Waals surface area contributed by atoms with Crippen molar-refractivity contribution in [1.82, 2.24) is 19.5 Å². The fourth-order valence-electron chi connectivity index (χ4n) is 2.96. The maximum absolute atomic E-state index is 14.6. The lowest BCUT2D eigenvalue weighted by molar-refractivity contribution is 0.0978. The maximum atomic E-state index is 14.6. The molecule has 8 nitrogen and oxygen atoms in total. The number of rotatable bonds is 5. The Labute approximate surface area is 195 Å². The van der Waals surface area contributed by atoms with E-state index in [4.69, 9.17) is 27.9 Å². The van der Waals surface area contributed by atoms with Gasteiger partial charge in [0.1, 0.15) is 17.3 Å². The van der Waals surface area contributed by atoms with Crippen LogP contribution in [-0.4, -0.2) is 35.3 Å². The van der Waals surface area contributed by atoms with Crippen LogP contribution in [0, 0.1) is 11.8 Å². The number of aromatic nitrogens is 3. The Bertz CT molecular complexity index is 1510. The van der Waals surface area contributed by atoms with Gasteiger partial charge in [-0.3, -0.25) is 4.79 Å². The average molecular weight is 513 g/mol. The van der Waals surface area contributed by atoms with Crippen LogP contribution in [0.1, 0.15) is 10.4 Å². The van der Waals surface area contributed by atoms with Gasteiger partial charge in [0.25, 0.3) is 5.91 Å². The van der Waals surface area contributed by atoms with Gasteiger partial charge in [-0.2, -0.15) is 9.49 Å². The molecule has 0 aliphatic heterocycles. The minimum atomic E-state index is -3.90. The van der Waals surface area contributed by atoms with E-state index < -0.39 is 33.3 Å². The summed E-state index contributed by atoms with van der Waals surface area (Å²) in [6, 6.07) is 9.24. The van der Waals surface area contributed by atoms with E-state index in [1.165, 1.54) is 16.9 Å². The minimum Gasteiger partial charge on any atom is -0.456 e. The van der Waals surface area contributed by atoms with Gasteiger partial charge in [0.15, 0.2) is 5.15 Å². The van der Waals surface area contributed by atoms with Crippen LogP contribution in [0.4, 0.5) is 8.78 Å². The van der Waals surface area contributed by atoms with Gasteiger partial charge >= 0.3 is 0 Å². The molecular formula is C20H12Cl2F2N4O4S. The van der Waals surface area contributed by atoms with Crippen LogP contribution < -0.4 is 9.46 Å². The van der Waals surface area contributed by atoms with Gasteiger partial charge in [0.2, 0.25) is 16.0 Å². The third-order valence-electron chi connectivity index (χ3n) is 4.33. The highest BCUT2D eigenvalue weighted by Crippen LogP contribution is 2.33. The predicted molar refractivity (Wildman–Crippen MR) is 118 cm³/mol. The lowest BCUT2D eigenvalue weighted by Crippen LogP contribution is -2.30. The topological polar surface area (TPSA) is 103 Å². The van der Waals surface area contributed by atoms with E-state index in [-0.39, 0.29) is 15.9 Å². The van der Waals surface area contributed by atoms with Crippen LogP contribution >= 0.6 is 23.2 Å². The molecule has 170 valence electrons. The number of amides is 1. The lowest BCUT2D eigenvalue weighted by atomic mass is 10.1. The maximum Gasteiger partial charge on any atom is 0.267 e. The normalized spacial score (nSPS) is 11.5. The number of halogens is 4. The number of hydrogen-bond acceptors (Lipinski definition) is 6. The third-order valence-corrected chi connectivity index (χ3v) is 5.47. The Morgan fingerprint density at radius 2 is 1.82 bits per heavy atom. The van der Waals surface area contributed by atoms with Gasteiger partial charge in [-0.25, -0.2) is 27.2 Å². The van der Waals surface area contributed by atoms with Crippen LogP contribution in [0.15, 0.2) is 48.7 Å². The van der Waals surface area contributed by atoms with Crippen molar-refractivity contribution in [3.8, 4) is 17.2 Å². The molecule has 2 heterocycles. The molecule has 0 spiro atoms. The van der Waals surface area contributed by atoms with Crippen molar-refractivity contribution in [2.24, 2.45) is 0 Å². The summed E-state index contributed by atoms with van der Waals surface area (Å²) in [5, 5.41) is 4.60. The van der Waals surface area contributed by atoms with Crippen LogP contribution in [0.2, 0.25) is 10.2 Å². The number of ether oxygens (including phenoxy) is 1. The molecule has 0 bridgehead atoms. The lowest BCUT2D eigenvalue weighted by Gasteiger charge is -2.10. The molecule has 13 heteroatoms. The van der Waals surface area contributed by atoms with Crippen LogP contribution in [0.25, 0.3) is 16.6 Å². The number of carbonyl (C=O) groups is 1. The number of pyridine rings is 1. The number of sulfonamides is 1. The third kappa shape index (κ3) is 4.90. The molecule has 0 unspecified atom stereocenters. The smallest absolute Gasteiger partial charge is 0.267 e. The van der Waals surface area contributed by atoms with Crippen molar-refractivity contribution in [2.75, 3.05) is 6.26 Å². The first-order chi connectivity index (χ1) is 15.5. The number of hydrogen-bond donors (Lipinski definition) is 1. The molecule has 2 aromatic carbocycles. The highest BCUT2D eigenvalue weighted by atomic mass is 35.5. The largest absolute Gasteiger partial charge is 0.456 e. The Kier molecular flexibility index (Phi) is 5.95. The van der Waals surface area contributed by atoms with Crippen molar-refractivity contribution in [2.45, 2.75) is 0 Å². The van der Waals surface area contributed by atoms with Crippen molar-refractivity contribution in [3.05, 3.63) is 76.2 Å². The van der Waals surface area contributed by atoms with Crippen LogP contribution in [0.3, 0.4) is 0 Å². The first kappa shape index (κ1) is 22.9. The number of carbonyl (C=O) groups excluding carboxylic acids is 1. The summed E-state index contributed by atoms with van der Waals surface area (Å²) in [4.78, 5) is 15.5. The SMILES string of the molecule is CS(=O)(=O)NC(=O)c1cc(Cl)c(-n2nc(Cl)c3cc(Oc4ccc(F)nc4)ccc32)cc1F. The Morgan fingerprint density at radius 3 is 2.48 bits per heavy atom. The second kappa shape index (κ2) is 8.58. The second-order valence-electron chi connectivity index (χ2n) is 6.79. The molecule has 0 aliphatic carbocycles. The first-order valence-electron chi connectivity index (χ1n) is 9.01. The summed E-state index contributed by atoms with van der Waals surface area (Å²) in [7, 11) is -3.90. The van der Waals surface area contributed by atoms with Gasteiger partial charge in [-0.15, -0.1) is 0 Å². The summed E-state index contributed by atoms with van der Waals surface area (Å²) in [5.74, 6) is -2.16. The average Bonchev–Trinajstić information content (AvgIpc) is 3.05. The zero-order valence-electron chi connectivity index (χ0n) is 16.5. The fourth-order valence-corrected chi connectivity index (χ4v) is 3.88. The summed E-state index contributed by atoms with van der Waals surface area (Å²) < 4.78 is 58.7. The molecule has 2 aromatic heterocycles. The van der Waals surface area contributed by atoms with Crippen molar-refractivity contribution >= 4 is 50.0 Å². The minimum absolute atomic E-state index is 0.0584. The van der Waals surface area contributed by atoms with Gasteiger partial charge < -0.3 is 4.74 Å². The number of benzene rings is 2.